The van der Waals surface area contributed by atoms with E-state index in [0.717, 1.165) is 0 Å². The molecule has 0 aliphatic rings. The highest BCUT2D eigenvalue weighted by Gasteiger charge is 2.62. The molecule has 23 heavy (non-hydrogen) atoms. The van der Waals surface area contributed by atoms with Crippen LogP contribution in [0, 0.1) is 0 Å². The van der Waals surface area contributed by atoms with Crippen molar-refractivity contribution in [3.8, 4) is 0 Å². The third kappa shape index (κ3) is 6.56. The van der Waals surface area contributed by atoms with Gasteiger partial charge in [-0.25, -0.2) is 13.2 Å². The molecule has 2 nitrogen and oxygen atoms in total. The number of hydrogen-bond acceptors (Lipinski definition) is 2. The summed E-state index contributed by atoms with van der Waals surface area (Å²) in [5.41, 5.74) is 0. The maximum atomic E-state index is 12.6. The molecule has 0 aliphatic carbocycles. The maximum absolute atomic E-state index is 12.6. The molecule has 0 heterocycles. The molecule has 0 spiro atoms. The minimum Gasteiger partial charge on any atom is -0.338 e. The van der Waals surface area contributed by atoms with Crippen LogP contribution in [0.4, 0.5) is 57.1 Å². The van der Waals surface area contributed by atoms with Gasteiger partial charge in [0.25, 0.3) is 12.5 Å². The normalized spacial score (nSPS) is 17.5. The van der Waals surface area contributed by atoms with E-state index in [1.807, 2.05) is 0 Å². The summed E-state index contributed by atoms with van der Waals surface area (Å²) >= 11 is 0. The number of hydrogen-bond donors (Lipinski definition) is 0. The van der Waals surface area contributed by atoms with Crippen molar-refractivity contribution >= 4 is 0 Å². The smallest absolute Gasteiger partial charge is 0.338 e. The molecule has 0 N–H and O–H groups in total. The predicted molar refractivity (Wildman–Crippen MR) is 43.7 cm³/mol. The zero-order chi connectivity index (χ0) is 18.9. The number of rotatable bonds is 7. The van der Waals surface area contributed by atoms with Gasteiger partial charge >= 0.3 is 30.8 Å². The lowest BCUT2D eigenvalue weighted by Gasteiger charge is -2.29. The molecule has 140 valence electrons. The highest BCUT2D eigenvalue weighted by Crippen LogP contribution is 2.39. The molecule has 0 amide bonds. The lowest BCUT2D eigenvalue weighted by Crippen LogP contribution is -2.50. The quantitative estimate of drug-likeness (QED) is 0.485. The van der Waals surface area contributed by atoms with E-state index < -0.39 is 49.9 Å². The summed E-state index contributed by atoms with van der Waals surface area (Å²) in [4.78, 5) is 0. The standard InChI is InChI=1S/C8H5F13O2/c9-2(6(14,15)16)8(20,21)23-4(7(17,18)19)22-1-5(12,13)3(10)11/h2-4H,1H2. The largest absolute Gasteiger partial charge is 0.440 e. The second-order valence-electron chi connectivity index (χ2n) is 3.83. The molecule has 0 saturated heterocycles. The highest BCUT2D eigenvalue weighted by molar-refractivity contribution is 4.77. The fraction of sp³-hybridized carbons (Fsp3) is 1.00. The van der Waals surface area contributed by atoms with E-state index in [0.29, 0.717) is 0 Å². The van der Waals surface area contributed by atoms with Gasteiger partial charge in [0, 0.05) is 0 Å². The molecule has 0 aromatic heterocycles. The number of halogens is 13. The Morgan fingerprint density at radius 1 is 0.696 bits per heavy atom. The lowest BCUT2D eigenvalue weighted by molar-refractivity contribution is -0.423. The van der Waals surface area contributed by atoms with Gasteiger partial charge in [0.1, 0.15) is 6.61 Å². The molecule has 0 radical (unpaired) electrons. The highest BCUT2D eigenvalue weighted by atomic mass is 19.4. The van der Waals surface area contributed by atoms with E-state index in [9.17, 15) is 57.1 Å². The van der Waals surface area contributed by atoms with Gasteiger partial charge in [0.05, 0.1) is 0 Å². The Kier molecular flexibility index (Phi) is 6.57. The summed E-state index contributed by atoms with van der Waals surface area (Å²) < 4.78 is 163. The van der Waals surface area contributed by atoms with Crippen LogP contribution in [0.2, 0.25) is 0 Å². The first-order valence-electron chi connectivity index (χ1n) is 5.02. The Labute approximate surface area is 118 Å². The second-order valence-corrected chi connectivity index (χ2v) is 3.83. The van der Waals surface area contributed by atoms with Crippen LogP contribution in [-0.4, -0.2) is 49.9 Å². The molecular formula is C8H5F13O2. The van der Waals surface area contributed by atoms with E-state index in [2.05, 4.69) is 9.47 Å². The molecule has 0 bridgehead atoms. The molecule has 0 aromatic rings. The minimum absolute atomic E-state index is 2.41. The van der Waals surface area contributed by atoms with Crippen LogP contribution in [0.5, 0.6) is 0 Å². The zero-order valence-electron chi connectivity index (χ0n) is 10.2. The van der Waals surface area contributed by atoms with Crippen molar-refractivity contribution < 1.29 is 66.5 Å². The van der Waals surface area contributed by atoms with Crippen molar-refractivity contribution in [1.29, 1.82) is 0 Å². The zero-order valence-corrected chi connectivity index (χ0v) is 10.2. The Hall–Kier alpha value is -0.990. The first-order chi connectivity index (χ1) is 9.91. The average Bonchev–Trinajstić information content (AvgIpc) is 2.30. The fourth-order valence-electron chi connectivity index (χ4n) is 0.838. The lowest BCUT2D eigenvalue weighted by atomic mass is 10.3. The average molecular weight is 380 g/mol. The van der Waals surface area contributed by atoms with Crippen molar-refractivity contribution in [2.45, 2.75) is 43.3 Å². The topological polar surface area (TPSA) is 18.5 Å². The fourth-order valence-corrected chi connectivity index (χ4v) is 0.838. The molecular weight excluding hydrogens is 375 g/mol. The van der Waals surface area contributed by atoms with Gasteiger partial charge in [0.15, 0.2) is 0 Å². The van der Waals surface area contributed by atoms with Gasteiger partial charge in [-0.1, -0.05) is 0 Å². The summed E-state index contributed by atoms with van der Waals surface area (Å²) in [6.07, 6.45) is -33.0. The van der Waals surface area contributed by atoms with Gasteiger partial charge in [-0.05, 0) is 0 Å². The van der Waals surface area contributed by atoms with Crippen LogP contribution in [-0.2, 0) is 9.47 Å². The van der Waals surface area contributed by atoms with E-state index in [1.54, 1.807) is 0 Å². The van der Waals surface area contributed by atoms with Crippen LogP contribution < -0.4 is 0 Å². The summed E-state index contributed by atoms with van der Waals surface area (Å²) in [7, 11) is 0. The van der Waals surface area contributed by atoms with Gasteiger partial charge in [-0.15, -0.1) is 0 Å². The molecule has 0 aromatic carbocycles. The SMILES string of the molecule is FC(F)C(F)(F)COC(OC(F)(F)C(F)C(F)(F)F)C(F)(F)F. The van der Waals surface area contributed by atoms with E-state index in [1.165, 1.54) is 0 Å². The van der Waals surface area contributed by atoms with Crippen molar-refractivity contribution in [1.82, 2.24) is 0 Å². The van der Waals surface area contributed by atoms with Gasteiger partial charge in [-0.2, -0.15) is 43.9 Å². The van der Waals surface area contributed by atoms with Crippen LogP contribution in [0.15, 0.2) is 0 Å². The summed E-state index contributed by atoms with van der Waals surface area (Å²) in [5.74, 6) is -5.25. The predicted octanol–water partition coefficient (Wildman–Crippen LogP) is 4.30. The van der Waals surface area contributed by atoms with Crippen molar-refractivity contribution in [2.75, 3.05) is 6.61 Å². The van der Waals surface area contributed by atoms with Crippen molar-refractivity contribution in [2.24, 2.45) is 0 Å². The Balaban J connectivity index is 5.16. The molecule has 2 atom stereocenters. The summed E-state index contributed by atoms with van der Waals surface area (Å²) in [6, 6.07) is 0. The molecule has 0 saturated carbocycles. The number of alkyl halides is 13. The molecule has 0 fully saturated rings. The van der Waals surface area contributed by atoms with Crippen molar-refractivity contribution in [3.05, 3.63) is 0 Å². The Bertz CT molecular complexity index is 373. The second kappa shape index (κ2) is 6.86. The van der Waals surface area contributed by atoms with E-state index in [4.69, 9.17) is 0 Å². The van der Waals surface area contributed by atoms with Gasteiger partial charge in [0.2, 0.25) is 0 Å². The maximum Gasteiger partial charge on any atom is 0.440 e. The first-order valence-corrected chi connectivity index (χ1v) is 5.02. The molecule has 0 rings (SSSR count). The summed E-state index contributed by atoms with van der Waals surface area (Å²) in [5, 5.41) is 0. The first kappa shape index (κ1) is 22.0. The van der Waals surface area contributed by atoms with Crippen LogP contribution >= 0.6 is 0 Å². The third-order valence-electron chi connectivity index (χ3n) is 1.86. The summed E-state index contributed by atoms with van der Waals surface area (Å²) in [6.45, 7) is -2.83. The number of ether oxygens (including phenoxy) is 2. The monoisotopic (exact) mass is 380 g/mol. The Morgan fingerprint density at radius 3 is 1.43 bits per heavy atom. The van der Waals surface area contributed by atoms with Crippen LogP contribution in [0.25, 0.3) is 0 Å². The van der Waals surface area contributed by atoms with Gasteiger partial charge in [-0.3, -0.25) is 4.74 Å². The molecule has 15 heteroatoms. The van der Waals surface area contributed by atoms with Crippen LogP contribution in [0.1, 0.15) is 0 Å². The molecule has 2 unspecified atom stereocenters. The van der Waals surface area contributed by atoms with E-state index in [-0.39, 0.29) is 0 Å². The third-order valence-corrected chi connectivity index (χ3v) is 1.86. The Morgan fingerprint density at radius 2 is 1.13 bits per heavy atom. The van der Waals surface area contributed by atoms with Crippen molar-refractivity contribution in [3.63, 3.8) is 0 Å². The van der Waals surface area contributed by atoms with Crippen LogP contribution in [0.3, 0.4) is 0 Å². The molecule has 0 aliphatic heterocycles. The minimum atomic E-state index is -6.35. The van der Waals surface area contributed by atoms with E-state index >= 15 is 0 Å². The van der Waals surface area contributed by atoms with Gasteiger partial charge < -0.3 is 4.74 Å².